The maximum absolute atomic E-state index is 12.1. The van der Waals surface area contributed by atoms with E-state index in [1.807, 2.05) is 24.3 Å². The minimum absolute atomic E-state index is 0.00278. The highest BCUT2D eigenvalue weighted by Crippen LogP contribution is 2.24. The van der Waals surface area contributed by atoms with E-state index in [0.717, 1.165) is 37.1 Å². The van der Waals surface area contributed by atoms with Gasteiger partial charge in [0.25, 0.3) is 0 Å². The van der Waals surface area contributed by atoms with Crippen LogP contribution in [0.1, 0.15) is 25.7 Å². The first kappa shape index (κ1) is 12.9. The van der Waals surface area contributed by atoms with Gasteiger partial charge < -0.3 is 15.8 Å². The molecule has 0 saturated heterocycles. The number of ether oxygens (including phenoxy) is 1. The summed E-state index contributed by atoms with van der Waals surface area (Å²) in [5.74, 6) is 0.760. The van der Waals surface area contributed by atoms with Crippen molar-refractivity contribution >= 4 is 11.6 Å². The number of amides is 1. The third-order valence-electron chi connectivity index (χ3n) is 3.51. The lowest BCUT2D eigenvalue weighted by atomic mass is 9.84. The fourth-order valence-electron chi connectivity index (χ4n) is 2.39. The van der Waals surface area contributed by atoms with Crippen molar-refractivity contribution in [3.05, 3.63) is 24.3 Å². The second-order valence-corrected chi connectivity index (χ2v) is 4.77. The van der Waals surface area contributed by atoms with Crippen LogP contribution in [-0.4, -0.2) is 19.1 Å². The molecule has 4 heteroatoms. The van der Waals surface area contributed by atoms with Crippen LogP contribution in [0.3, 0.4) is 0 Å². The smallest absolute Gasteiger partial charge is 0.229 e. The zero-order valence-corrected chi connectivity index (χ0v) is 10.7. The normalized spacial score (nSPS) is 23.4. The van der Waals surface area contributed by atoms with Crippen LogP contribution < -0.4 is 15.8 Å². The van der Waals surface area contributed by atoms with Crippen molar-refractivity contribution in [3.63, 3.8) is 0 Å². The van der Waals surface area contributed by atoms with E-state index in [0.29, 0.717) is 0 Å². The Balaban J connectivity index is 1.97. The quantitative estimate of drug-likeness (QED) is 0.861. The van der Waals surface area contributed by atoms with Gasteiger partial charge in [-0.3, -0.25) is 4.79 Å². The van der Waals surface area contributed by atoms with Gasteiger partial charge in [-0.05, 0) is 37.1 Å². The number of rotatable bonds is 3. The van der Waals surface area contributed by atoms with Gasteiger partial charge in [-0.2, -0.15) is 0 Å². The molecule has 3 N–H and O–H groups in total. The summed E-state index contributed by atoms with van der Waals surface area (Å²) in [6.45, 7) is 0. The minimum Gasteiger partial charge on any atom is -0.497 e. The predicted octanol–water partition coefficient (Wildman–Crippen LogP) is 2.15. The molecule has 0 spiro atoms. The maximum Gasteiger partial charge on any atom is 0.229 e. The molecule has 2 rings (SSSR count). The molecule has 0 aromatic heterocycles. The number of nitrogens with two attached hydrogens (primary N) is 1. The zero-order chi connectivity index (χ0) is 13.0. The summed E-state index contributed by atoms with van der Waals surface area (Å²) in [4.78, 5) is 12.1. The molecule has 0 unspecified atom stereocenters. The highest BCUT2D eigenvalue weighted by atomic mass is 16.5. The maximum atomic E-state index is 12.1. The van der Waals surface area contributed by atoms with Gasteiger partial charge in [-0.15, -0.1) is 0 Å². The molecule has 18 heavy (non-hydrogen) atoms. The topological polar surface area (TPSA) is 64.3 Å². The van der Waals surface area contributed by atoms with Gasteiger partial charge in [-0.1, -0.05) is 12.8 Å². The van der Waals surface area contributed by atoms with Gasteiger partial charge in [0.2, 0.25) is 5.91 Å². The van der Waals surface area contributed by atoms with E-state index in [1.54, 1.807) is 7.11 Å². The molecular weight excluding hydrogens is 228 g/mol. The van der Waals surface area contributed by atoms with Crippen molar-refractivity contribution in [1.82, 2.24) is 0 Å². The van der Waals surface area contributed by atoms with Crippen LogP contribution in [0.5, 0.6) is 5.75 Å². The summed E-state index contributed by atoms with van der Waals surface area (Å²) in [6, 6.07) is 7.33. The number of benzene rings is 1. The molecule has 0 radical (unpaired) electrons. The van der Waals surface area contributed by atoms with Crippen LogP contribution in [0.4, 0.5) is 5.69 Å². The molecule has 2 atom stereocenters. The number of hydrogen-bond acceptors (Lipinski definition) is 3. The highest BCUT2D eigenvalue weighted by Gasteiger charge is 2.28. The summed E-state index contributed by atoms with van der Waals surface area (Å²) in [5.41, 5.74) is 6.79. The second kappa shape index (κ2) is 5.87. The molecule has 0 bridgehead atoms. The highest BCUT2D eigenvalue weighted by molar-refractivity contribution is 5.93. The van der Waals surface area contributed by atoms with Crippen molar-refractivity contribution < 1.29 is 9.53 Å². The van der Waals surface area contributed by atoms with E-state index in [4.69, 9.17) is 10.5 Å². The standard InChI is InChI=1S/C14H20N2O2/c1-18-11-8-6-10(7-9-11)16-14(17)12-4-2-3-5-13(12)15/h6-9,12-13H,2-5,15H2,1H3,(H,16,17)/t12-,13+/m0/s1. The molecule has 1 saturated carbocycles. The number of carbonyl (C=O) groups is 1. The molecule has 1 fully saturated rings. The van der Waals surface area contributed by atoms with E-state index >= 15 is 0 Å². The molecule has 0 heterocycles. The third kappa shape index (κ3) is 3.01. The largest absolute Gasteiger partial charge is 0.497 e. The van der Waals surface area contributed by atoms with Crippen LogP contribution in [-0.2, 0) is 4.79 Å². The van der Waals surface area contributed by atoms with Crippen LogP contribution in [0.2, 0.25) is 0 Å². The molecule has 1 aromatic rings. The van der Waals surface area contributed by atoms with Crippen LogP contribution in [0, 0.1) is 5.92 Å². The zero-order valence-electron chi connectivity index (χ0n) is 10.7. The number of anilines is 1. The van der Waals surface area contributed by atoms with Crippen LogP contribution in [0.25, 0.3) is 0 Å². The SMILES string of the molecule is COc1ccc(NC(=O)[C@H]2CCCC[C@H]2N)cc1. The summed E-state index contributed by atoms with van der Waals surface area (Å²) in [6.07, 6.45) is 4.06. The third-order valence-corrected chi connectivity index (χ3v) is 3.51. The Morgan fingerprint density at radius 3 is 2.56 bits per heavy atom. The average molecular weight is 248 g/mol. The van der Waals surface area contributed by atoms with E-state index in [1.165, 1.54) is 0 Å². The predicted molar refractivity (Wildman–Crippen MR) is 71.6 cm³/mol. The molecule has 1 aliphatic rings. The minimum atomic E-state index is -0.0548. The lowest BCUT2D eigenvalue weighted by Gasteiger charge is -2.27. The molecule has 4 nitrogen and oxygen atoms in total. The lowest BCUT2D eigenvalue weighted by Crippen LogP contribution is -2.40. The monoisotopic (exact) mass is 248 g/mol. The van der Waals surface area contributed by atoms with Gasteiger partial charge >= 0.3 is 0 Å². The molecule has 98 valence electrons. The van der Waals surface area contributed by atoms with Crippen LogP contribution >= 0.6 is 0 Å². The first-order chi connectivity index (χ1) is 8.70. The Hall–Kier alpha value is -1.55. The summed E-state index contributed by atoms with van der Waals surface area (Å²) >= 11 is 0. The van der Waals surface area contributed by atoms with E-state index in [9.17, 15) is 4.79 Å². The van der Waals surface area contributed by atoms with Crippen molar-refractivity contribution in [2.45, 2.75) is 31.7 Å². The number of hydrogen-bond donors (Lipinski definition) is 2. The first-order valence-corrected chi connectivity index (χ1v) is 6.41. The van der Waals surface area contributed by atoms with Crippen molar-refractivity contribution in [3.8, 4) is 5.75 Å². The number of carbonyl (C=O) groups excluding carboxylic acids is 1. The molecule has 1 aromatic carbocycles. The number of methoxy groups -OCH3 is 1. The van der Waals surface area contributed by atoms with Crippen LogP contribution in [0.15, 0.2) is 24.3 Å². The number of nitrogens with one attached hydrogen (secondary N) is 1. The Morgan fingerprint density at radius 2 is 1.94 bits per heavy atom. The Bertz CT molecular complexity index is 403. The summed E-state index contributed by atoms with van der Waals surface area (Å²) < 4.78 is 5.07. The Morgan fingerprint density at radius 1 is 1.28 bits per heavy atom. The fraction of sp³-hybridized carbons (Fsp3) is 0.500. The first-order valence-electron chi connectivity index (χ1n) is 6.41. The van der Waals surface area contributed by atoms with E-state index in [2.05, 4.69) is 5.32 Å². The Kier molecular flexibility index (Phi) is 4.20. The lowest BCUT2D eigenvalue weighted by molar-refractivity contribution is -0.121. The second-order valence-electron chi connectivity index (χ2n) is 4.77. The van der Waals surface area contributed by atoms with Gasteiger partial charge in [0.15, 0.2) is 0 Å². The molecule has 0 aliphatic heterocycles. The van der Waals surface area contributed by atoms with E-state index < -0.39 is 0 Å². The van der Waals surface area contributed by atoms with E-state index in [-0.39, 0.29) is 17.9 Å². The summed E-state index contributed by atoms with van der Waals surface area (Å²) in [7, 11) is 1.62. The molecule has 1 amide bonds. The molecule has 1 aliphatic carbocycles. The van der Waals surface area contributed by atoms with Crippen molar-refractivity contribution in [2.24, 2.45) is 11.7 Å². The Labute approximate surface area is 108 Å². The van der Waals surface area contributed by atoms with Gasteiger partial charge in [0, 0.05) is 11.7 Å². The van der Waals surface area contributed by atoms with Gasteiger partial charge in [0.1, 0.15) is 5.75 Å². The summed E-state index contributed by atoms with van der Waals surface area (Å²) in [5, 5.41) is 2.92. The molecular formula is C14H20N2O2. The van der Waals surface area contributed by atoms with Crippen molar-refractivity contribution in [1.29, 1.82) is 0 Å². The average Bonchev–Trinajstić information content (AvgIpc) is 2.40. The van der Waals surface area contributed by atoms with Crippen molar-refractivity contribution in [2.75, 3.05) is 12.4 Å². The fourth-order valence-corrected chi connectivity index (χ4v) is 2.39. The van der Waals surface area contributed by atoms with Gasteiger partial charge in [-0.25, -0.2) is 0 Å². The van der Waals surface area contributed by atoms with Gasteiger partial charge in [0.05, 0.1) is 13.0 Å².